The molecule has 2 rings (SSSR count). The Morgan fingerprint density at radius 2 is 2.15 bits per heavy atom. The topological polar surface area (TPSA) is 47.7 Å². The summed E-state index contributed by atoms with van der Waals surface area (Å²) >= 11 is 0. The highest BCUT2D eigenvalue weighted by molar-refractivity contribution is 5.16. The molecule has 5 nitrogen and oxygen atoms in total. The van der Waals surface area contributed by atoms with Crippen LogP contribution in [-0.4, -0.2) is 26.2 Å². The molecule has 0 aliphatic carbocycles. The van der Waals surface area contributed by atoms with Crippen LogP contribution in [0, 0.1) is 6.92 Å². The lowest BCUT2D eigenvalue weighted by atomic mass is 10.2. The molecule has 0 amide bonds. The molecule has 6 heteroatoms. The van der Waals surface area contributed by atoms with Crippen molar-refractivity contribution in [3.05, 3.63) is 35.4 Å². The molecule has 2 aromatic rings. The first-order valence-corrected chi connectivity index (χ1v) is 6.93. The van der Waals surface area contributed by atoms with E-state index in [0.29, 0.717) is 19.1 Å². The molecule has 0 aliphatic heterocycles. The van der Waals surface area contributed by atoms with Gasteiger partial charge in [-0.05, 0) is 26.8 Å². The van der Waals surface area contributed by atoms with E-state index < -0.39 is 0 Å². The van der Waals surface area contributed by atoms with Gasteiger partial charge in [0.25, 0.3) is 0 Å². The highest BCUT2D eigenvalue weighted by Crippen LogP contribution is 2.12. The monoisotopic (exact) mass is 279 g/mol. The first kappa shape index (κ1) is 14.7. The van der Waals surface area contributed by atoms with E-state index >= 15 is 0 Å². The normalized spacial score (nSPS) is 11.4. The fraction of sp³-hybridized carbons (Fsp3) is 0.571. The summed E-state index contributed by atoms with van der Waals surface area (Å²) in [5.74, 6) is 0. The van der Waals surface area contributed by atoms with Crippen LogP contribution in [0.25, 0.3) is 0 Å². The minimum absolute atomic E-state index is 0.320. The summed E-state index contributed by atoms with van der Waals surface area (Å²) in [5.41, 5.74) is 3.31. The van der Waals surface area contributed by atoms with E-state index in [9.17, 15) is 4.39 Å². The summed E-state index contributed by atoms with van der Waals surface area (Å²) in [5, 5.41) is 12.0. The van der Waals surface area contributed by atoms with Crippen molar-refractivity contribution in [3.8, 4) is 0 Å². The van der Waals surface area contributed by atoms with Gasteiger partial charge >= 0.3 is 0 Å². The molecule has 0 saturated carbocycles. The number of rotatable bonds is 7. The second kappa shape index (κ2) is 6.65. The number of aromatic nitrogens is 4. The molecular formula is C14H22FN5. The summed E-state index contributed by atoms with van der Waals surface area (Å²) in [6.07, 6.45) is 3.71. The molecule has 0 radical (unpaired) electrons. The summed E-state index contributed by atoms with van der Waals surface area (Å²) in [7, 11) is 0. The smallest absolute Gasteiger partial charge is 0.109 e. The number of alkyl halides is 1. The van der Waals surface area contributed by atoms with Gasteiger partial charge in [0.05, 0.1) is 18.4 Å². The summed E-state index contributed by atoms with van der Waals surface area (Å²) in [6, 6.07) is 2.28. The van der Waals surface area contributed by atoms with E-state index in [-0.39, 0.29) is 6.67 Å². The third-order valence-corrected chi connectivity index (χ3v) is 3.27. The van der Waals surface area contributed by atoms with Gasteiger partial charge < -0.3 is 5.32 Å². The van der Waals surface area contributed by atoms with Crippen molar-refractivity contribution in [1.29, 1.82) is 0 Å². The van der Waals surface area contributed by atoms with Gasteiger partial charge in [-0.25, -0.2) is 4.39 Å². The first-order valence-electron chi connectivity index (χ1n) is 6.93. The molecule has 2 heterocycles. The van der Waals surface area contributed by atoms with E-state index in [4.69, 9.17) is 0 Å². The van der Waals surface area contributed by atoms with E-state index in [1.807, 2.05) is 16.9 Å². The molecule has 0 fully saturated rings. The van der Waals surface area contributed by atoms with Crippen molar-refractivity contribution in [1.82, 2.24) is 24.9 Å². The molecule has 0 unspecified atom stereocenters. The molecule has 0 bridgehead atoms. The molecule has 2 aromatic heterocycles. The Kier molecular flexibility index (Phi) is 4.89. The molecule has 0 aromatic carbocycles. The van der Waals surface area contributed by atoms with Crippen LogP contribution in [0.2, 0.25) is 0 Å². The van der Waals surface area contributed by atoms with Crippen LogP contribution in [0.5, 0.6) is 0 Å². The standard InChI is InChI=1S/C14H22FN5/c1-11(2)20-12(3)13(9-17-20)8-16-10-14-4-6-19(18-14)7-5-15/h4,6,9,11,16H,5,7-8,10H2,1-3H3. The maximum atomic E-state index is 12.2. The first-order chi connectivity index (χ1) is 9.61. The van der Waals surface area contributed by atoms with Gasteiger partial charge in [0.2, 0.25) is 0 Å². The minimum Gasteiger partial charge on any atom is -0.307 e. The predicted molar refractivity (Wildman–Crippen MR) is 76.1 cm³/mol. The number of halogens is 1. The van der Waals surface area contributed by atoms with E-state index in [1.54, 1.807) is 10.9 Å². The zero-order valence-electron chi connectivity index (χ0n) is 12.3. The Morgan fingerprint density at radius 3 is 2.80 bits per heavy atom. The van der Waals surface area contributed by atoms with Gasteiger partial charge in [0.1, 0.15) is 6.67 Å². The number of nitrogens with zero attached hydrogens (tertiary/aromatic N) is 4. The van der Waals surface area contributed by atoms with Gasteiger partial charge in [0.15, 0.2) is 0 Å². The van der Waals surface area contributed by atoms with Crippen LogP contribution in [0.15, 0.2) is 18.5 Å². The minimum atomic E-state index is -0.387. The van der Waals surface area contributed by atoms with Crippen molar-refractivity contribution in [3.63, 3.8) is 0 Å². The van der Waals surface area contributed by atoms with Crippen LogP contribution >= 0.6 is 0 Å². The lowest BCUT2D eigenvalue weighted by molar-refractivity contribution is 0.425. The Morgan fingerprint density at radius 1 is 1.35 bits per heavy atom. The van der Waals surface area contributed by atoms with Crippen LogP contribution in [0.4, 0.5) is 4.39 Å². The van der Waals surface area contributed by atoms with Crippen LogP contribution in [0.3, 0.4) is 0 Å². The largest absolute Gasteiger partial charge is 0.307 e. The number of hydrogen-bond donors (Lipinski definition) is 1. The van der Waals surface area contributed by atoms with Gasteiger partial charge in [-0.3, -0.25) is 9.36 Å². The van der Waals surface area contributed by atoms with Crippen molar-refractivity contribution in [2.45, 2.75) is 46.4 Å². The summed E-state index contributed by atoms with van der Waals surface area (Å²) in [4.78, 5) is 0. The molecule has 20 heavy (non-hydrogen) atoms. The second-order valence-electron chi connectivity index (χ2n) is 5.16. The highest BCUT2D eigenvalue weighted by atomic mass is 19.1. The average Bonchev–Trinajstić information content (AvgIpc) is 2.98. The highest BCUT2D eigenvalue weighted by Gasteiger charge is 2.08. The lowest BCUT2D eigenvalue weighted by Crippen LogP contribution is -2.14. The van der Waals surface area contributed by atoms with Gasteiger partial charge in [-0.1, -0.05) is 0 Å². The number of aryl methyl sites for hydroxylation is 1. The Labute approximate surface area is 118 Å². The van der Waals surface area contributed by atoms with E-state index in [2.05, 4.69) is 36.3 Å². The maximum Gasteiger partial charge on any atom is 0.109 e. The molecule has 0 saturated heterocycles. The summed E-state index contributed by atoms with van der Waals surface area (Å²) < 4.78 is 15.8. The van der Waals surface area contributed by atoms with Crippen LogP contribution in [-0.2, 0) is 19.6 Å². The number of nitrogens with one attached hydrogen (secondary N) is 1. The van der Waals surface area contributed by atoms with Gasteiger partial charge in [0, 0.05) is 36.6 Å². The quantitative estimate of drug-likeness (QED) is 0.845. The Bertz CT molecular complexity index is 544. The fourth-order valence-corrected chi connectivity index (χ4v) is 2.19. The van der Waals surface area contributed by atoms with Gasteiger partial charge in [-0.2, -0.15) is 10.2 Å². The Hall–Kier alpha value is -1.69. The molecule has 110 valence electrons. The molecule has 1 N–H and O–H groups in total. The molecule has 0 spiro atoms. The van der Waals surface area contributed by atoms with E-state index in [0.717, 1.165) is 12.2 Å². The lowest BCUT2D eigenvalue weighted by Gasteiger charge is -2.09. The van der Waals surface area contributed by atoms with Crippen molar-refractivity contribution >= 4 is 0 Å². The average molecular weight is 279 g/mol. The Balaban J connectivity index is 1.86. The second-order valence-corrected chi connectivity index (χ2v) is 5.16. The van der Waals surface area contributed by atoms with Crippen molar-refractivity contribution in [2.75, 3.05) is 6.67 Å². The van der Waals surface area contributed by atoms with E-state index in [1.165, 1.54) is 11.3 Å². The maximum absolute atomic E-state index is 12.2. The fourth-order valence-electron chi connectivity index (χ4n) is 2.19. The van der Waals surface area contributed by atoms with Crippen LogP contribution < -0.4 is 5.32 Å². The molecular weight excluding hydrogens is 257 g/mol. The SMILES string of the molecule is Cc1c(CNCc2ccn(CCF)n2)cnn1C(C)C. The van der Waals surface area contributed by atoms with Gasteiger partial charge in [-0.15, -0.1) is 0 Å². The van der Waals surface area contributed by atoms with Crippen LogP contribution in [0.1, 0.15) is 36.8 Å². The third-order valence-electron chi connectivity index (χ3n) is 3.27. The molecule has 0 atom stereocenters. The predicted octanol–water partition coefficient (Wildman–Crippen LogP) is 2.23. The third kappa shape index (κ3) is 3.45. The number of hydrogen-bond acceptors (Lipinski definition) is 3. The van der Waals surface area contributed by atoms with Crippen molar-refractivity contribution in [2.24, 2.45) is 0 Å². The zero-order chi connectivity index (χ0) is 14.5. The summed E-state index contributed by atoms with van der Waals surface area (Å²) in [6.45, 7) is 7.69. The van der Waals surface area contributed by atoms with Crippen molar-refractivity contribution < 1.29 is 4.39 Å². The zero-order valence-corrected chi connectivity index (χ0v) is 12.3. The molecule has 0 aliphatic rings.